The number of likely N-dealkylation sites (tertiary alicyclic amines) is 1. The lowest BCUT2D eigenvalue weighted by Gasteiger charge is -2.25. The lowest BCUT2D eigenvalue weighted by atomic mass is 10.1. The van der Waals surface area contributed by atoms with Crippen molar-refractivity contribution in [2.75, 3.05) is 23.9 Å². The molecule has 0 bridgehead atoms. The Kier molecular flexibility index (Phi) is 8.42. The monoisotopic (exact) mass is 545 g/mol. The highest BCUT2D eigenvalue weighted by Crippen LogP contribution is 2.33. The predicted octanol–water partition coefficient (Wildman–Crippen LogP) is 5.12. The molecule has 38 heavy (non-hydrogen) atoms. The largest absolute Gasteiger partial charge is 0.416 e. The molecule has 1 N–H and O–H groups in total. The molecule has 1 heterocycles. The van der Waals surface area contributed by atoms with Crippen LogP contribution in [0.15, 0.2) is 77.7 Å². The van der Waals surface area contributed by atoms with Gasteiger partial charge in [-0.25, -0.2) is 8.42 Å². The fourth-order valence-corrected chi connectivity index (χ4v) is 5.85. The van der Waals surface area contributed by atoms with Crippen molar-refractivity contribution in [3.63, 3.8) is 0 Å². The van der Waals surface area contributed by atoms with Crippen LogP contribution < -0.4 is 9.62 Å². The van der Waals surface area contributed by atoms with E-state index in [1.165, 1.54) is 18.2 Å². The average Bonchev–Trinajstić information content (AvgIpc) is 3.40. The van der Waals surface area contributed by atoms with Crippen LogP contribution in [0.1, 0.15) is 35.1 Å². The van der Waals surface area contributed by atoms with Crippen molar-refractivity contribution in [3.8, 4) is 0 Å². The van der Waals surface area contributed by atoms with Crippen molar-refractivity contribution < 1.29 is 26.4 Å². The maximum atomic E-state index is 13.5. The van der Waals surface area contributed by atoms with Crippen molar-refractivity contribution in [2.24, 2.45) is 0 Å². The maximum absolute atomic E-state index is 13.5. The van der Waals surface area contributed by atoms with Crippen molar-refractivity contribution >= 4 is 21.6 Å². The van der Waals surface area contributed by atoms with E-state index in [4.69, 9.17) is 0 Å². The predicted molar refractivity (Wildman–Crippen MR) is 140 cm³/mol. The molecule has 202 valence electrons. The molecule has 3 aromatic rings. The Balaban J connectivity index is 1.57. The van der Waals surface area contributed by atoms with Gasteiger partial charge in [0, 0.05) is 13.1 Å². The summed E-state index contributed by atoms with van der Waals surface area (Å²) in [6, 6.07) is 17.6. The third-order valence-corrected chi connectivity index (χ3v) is 8.33. The lowest BCUT2D eigenvalue weighted by Crippen LogP contribution is -2.41. The molecule has 1 amide bonds. The number of nitrogens with zero attached hydrogens (tertiary/aromatic N) is 2. The molecule has 0 aliphatic carbocycles. The Morgan fingerprint density at radius 1 is 0.947 bits per heavy atom. The Hall–Kier alpha value is -3.37. The van der Waals surface area contributed by atoms with Crippen LogP contribution in [0.5, 0.6) is 0 Å². The van der Waals surface area contributed by atoms with E-state index in [0.29, 0.717) is 0 Å². The Bertz CT molecular complexity index is 1370. The molecule has 0 aromatic heterocycles. The van der Waals surface area contributed by atoms with Crippen LogP contribution in [0, 0.1) is 6.92 Å². The first kappa shape index (κ1) is 27.7. The molecule has 0 spiro atoms. The van der Waals surface area contributed by atoms with Crippen LogP contribution in [-0.4, -0.2) is 38.9 Å². The van der Waals surface area contributed by atoms with Gasteiger partial charge in [-0.1, -0.05) is 48.0 Å². The minimum atomic E-state index is -4.67. The highest BCUT2D eigenvalue weighted by molar-refractivity contribution is 7.92. The topological polar surface area (TPSA) is 69.7 Å². The third kappa shape index (κ3) is 6.73. The number of amides is 1. The molecule has 0 saturated carbocycles. The van der Waals surface area contributed by atoms with Gasteiger partial charge < -0.3 is 5.32 Å². The molecular formula is C28H30F3N3O3S. The Morgan fingerprint density at radius 3 is 2.26 bits per heavy atom. The van der Waals surface area contributed by atoms with Gasteiger partial charge in [0.15, 0.2) is 0 Å². The van der Waals surface area contributed by atoms with Crippen LogP contribution in [0.25, 0.3) is 0 Å². The first-order valence-electron chi connectivity index (χ1n) is 12.4. The normalized spacial score (nSPS) is 14.4. The molecule has 1 aliphatic heterocycles. The summed E-state index contributed by atoms with van der Waals surface area (Å²) < 4.78 is 68.0. The second-order valence-corrected chi connectivity index (χ2v) is 11.3. The lowest BCUT2D eigenvalue weighted by molar-refractivity contribution is -0.137. The van der Waals surface area contributed by atoms with Gasteiger partial charge in [0.25, 0.3) is 10.0 Å². The molecule has 0 unspecified atom stereocenters. The molecular weight excluding hydrogens is 515 g/mol. The van der Waals surface area contributed by atoms with Crippen molar-refractivity contribution in [1.29, 1.82) is 0 Å². The van der Waals surface area contributed by atoms with E-state index < -0.39 is 34.2 Å². The van der Waals surface area contributed by atoms with E-state index in [1.807, 2.05) is 24.3 Å². The summed E-state index contributed by atoms with van der Waals surface area (Å²) in [4.78, 5) is 15.2. The summed E-state index contributed by atoms with van der Waals surface area (Å²) in [5.41, 5.74) is 1.54. The van der Waals surface area contributed by atoms with E-state index in [2.05, 4.69) is 10.2 Å². The minimum Gasteiger partial charge on any atom is -0.350 e. The number of hydrogen-bond acceptors (Lipinski definition) is 4. The summed E-state index contributed by atoms with van der Waals surface area (Å²) in [5.74, 6) is -0.630. The molecule has 10 heteroatoms. The fraction of sp³-hybridized carbons (Fsp3) is 0.321. The van der Waals surface area contributed by atoms with E-state index >= 15 is 0 Å². The van der Waals surface area contributed by atoms with Gasteiger partial charge in [-0.2, -0.15) is 13.2 Å². The zero-order chi connectivity index (χ0) is 27.3. The number of rotatable bonds is 9. The second kappa shape index (κ2) is 11.6. The van der Waals surface area contributed by atoms with Gasteiger partial charge in [0.05, 0.1) is 16.1 Å². The highest BCUT2D eigenvalue weighted by atomic mass is 32.2. The maximum Gasteiger partial charge on any atom is 0.416 e. The zero-order valence-corrected chi connectivity index (χ0v) is 21.9. The van der Waals surface area contributed by atoms with Crippen molar-refractivity contribution in [2.45, 2.75) is 43.9 Å². The SMILES string of the molecule is Cc1ccc(S(=O)(=O)N(CC(=O)NCc2ccccc2CN2CCCC2)c2cccc(C(F)(F)F)c2)cc1. The van der Waals surface area contributed by atoms with Gasteiger partial charge in [-0.3, -0.25) is 14.0 Å². The zero-order valence-electron chi connectivity index (χ0n) is 21.0. The average molecular weight is 546 g/mol. The minimum absolute atomic E-state index is 0.121. The van der Waals surface area contributed by atoms with Crippen LogP contribution in [-0.2, 0) is 34.1 Å². The molecule has 1 fully saturated rings. The van der Waals surface area contributed by atoms with Crippen LogP contribution >= 0.6 is 0 Å². The van der Waals surface area contributed by atoms with Crippen LogP contribution in [0.4, 0.5) is 18.9 Å². The number of anilines is 1. The molecule has 3 aromatic carbocycles. The van der Waals surface area contributed by atoms with E-state index in [1.54, 1.807) is 19.1 Å². The van der Waals surface area contributed by atoms with Gasteiger partial charge in [-0.05, 0) is 74.3 Å². The second-order valence-electron chi connectivity index (χ2n) is 9.40. The highest BCUT2D eigenvalue weighted by Gasteiger charge is 2.33. The number of benzene rings is 3. The first-order valence-corrected chi connectivity index (χ1v) is 13.8. The number of hydrogen-bond donors (Lipinski definition) is 1. The van der Waals surface area contributed by atoms with E-state index in [9.17, 15) is 26.4 Å². The number of sulfonamides is 1. The van der Waals surface area contributed by atoms with Gasteiger partial charge in [0.2, 0.25) is 5.91 Å². The van der Waals surface area contributed by atoms with Gasteiger partial charge >= 0.3 is 6.18 Å². The van der Waals surface area contributed by atoms with Crippen LogP contribution in [0.2, 0.25) is 0 Å². The molecule has 1 saturated heterocycles. The molecule has 4 rings (SSSR count). The van der Waals surface area contributed by atoms with Crippen LogP contribution in [0.3, 0.4) is 0 Å². The number of carbonyl (C=O) groups excluding carboxylic acids is 1. The van der Waals surface area contributed by atoms with Crippen molar-refractivity contribution in [3.05, 3.63) is 95.1 Å². The Morgan fingerprint density at radius 2 is 1.61 bits per heavy atom. The number of halogens is 3. The fourth-order valence-electron chi connectivity index (χ4n) is 4.44. The summed E-state index contributed by atoms with van der Waals surface area (Å²) >= 11 is 0. The number of aryl methyl sites for hydroxylation is 1. The molecule has 1 aliphatic rings. The number of alkyl halides is 3. The van der Waals surface area contributed by atoms with Gasteiger partial charge in [0.1, 0.15) is 6.54 Å². The molecule has 0 atom stereocenters. The van der Waals surface area contributed by atoms with E-state index in [0.717, 1.165) is 71.7 Å². The summed E-state index contributed by atoms with van der Waals surface area (Å²) in [7, 11) is -4.34. The summed E-state index contributed by atoms with van der Waals surface area (Å²) in [5, 5.41) is 2.76. The third-order valence-electron chi connectivity index (χ3n) is 6.54. The summed E-state index contributed by atoms with van der Waals surface area (Å²) in [6.07, 6.45) is -2.37. The summed E-state index contributed by atoms with van der Waals surface area (Å²) in [6.45, 7) is 4.07. The molecule has 0 radical (unpaired) electrons. The smallest absolute Gasteiger partial charge is 0.350 e. The van der Waals surface area contributed by atoms with E-state index in [-0.39, 0.29) is 17.1 Å². The molecule has 6 nitrogen and oxygen atoms in total. The number of nitrogens with one attached hydrogen (secondary N) is 1. The van der Waals surface area contributed by atoms with Crippen molar-refractivity contribution in [1.82, 2.24) is 10.2 Å². The standard InChI is InChI=1S/C28H30F3N3O3S/c1-21-11-13-26(14-12-21)38(36,37)34(25-10-6-9-24(17-25)28(29,30)31)20-27(35)32-18-22-7-2-3-8-23(22)19-33-15-4-5-16-33/h2-3,6-14,17H,4-5,15-16,18-20H2,1H3,(H,32,35). The first-order chi connectivity index (χ1) is 18.0. The van der Waals surface area contributed by atoms with Gasteiger partial charge in [-0.15, -0.1) is 0 Å². The Labute approximate surface area is 221 Å². The number of carbonyl (C=O) groups is 1. The quantitative estimate of drug-likeness (QED) is 0.405.